The van der Waals surface area contributed by atoms with E-state index in [9.17, 15) is 14.4 Å². The zero-order valence-corrected chi connectivity index (χ0v) is 13.1. The van der Waals surface area contributed by atoms with Crippen molar-refractivity contribution in [1.29, 1.82) is 0 Å². The summed E-state index contributed by atoms with van der Waals surface area (Å²) in [5, 5.41) is 2.76. The summed E-state index contributed by atoms with van der Waals surface area (Å²) >= 11 is 0. The fourth-order valence-corrected chi connectivity index (χ4v) is 3.37. The van der Waals surface area contributed by atoms with Gasteiger partial charge in [0.1, 0.15) is 12.1 Å². The Morgan fingerprint density at radius 3 is 2.45 bits per heavy atom. The zero-order chi connectivity index (χ0) is 15.9. The minimum absolute atomic E-state index is 0.162. The fourth-order valence-electron chi connectivity index (χ4n) is 3.37. The molecule has 3 aliphatic rings. The van der Waals surface area contributed by atoms with Crippen LogP contribution >= 0.6 is 0 Å². The molecule has 7 heteroatoms. The molecular formula is C15H23N3O4. The lowest BCUT2D eigenvalue weighted by Gasteiger charge is -2.32. The van der Waals surface area contributed by atoms with Crippen LogP contribution in [-0.4, -0.2) is 66.0 Å². The lowest BCUT2D eigenvalue weighted by atomic mass is 9.96. The highest BCUT2D eigenvalue weighted by molar-refractivity contribution is 6.09. The summed E-state index contributed by atoms with van der Waals surface area (Å²) in [6.07, 6.45) is 3.69. The number of nitrogens with zero attached hydrogens (tertiary/aromatic N) is 2. The van der Waals surface area contributed by atoms with Crippen LogP contribution < -0.4 is 5.32 Å². The van der Waals surface area contributed by atoms with Crippen LogP contribution in [0.1, 0.15) is 32.6 Å². The third-order valence-corrected chi connectivity index (χ3v) is 5.12. The number of carbonyl (C=O) groups excluding carboxylic acids is 3. The molecule has 1 aliphatic carbocycles. The van der Waals surface area contributed by atoms with Crippen LogP contribution in [0.15, 0.2) is 0 Å². The number of hydrogen-bond acceptors (Lipinski definition) is 4. The Balaban J connectivity index is 1.60. The molecule has 0 spiro atoms. The van der Waals surface area contributed by atoms with Crippen LogP contribution in [0.25, 0.3) is 0 Å². The van der Waals surface area contributed by atoms with Crippen molar-refractivity contribution in [3.8, 4) is 0 Å². The Bertz CT molecular complexity index is 497. The number of hydrogen-bond donors (Lipinski definition) is 1. The molecule has 7 nitrogen and oxygen atoms in total. The summed E-state index contributed by atoms with van der Waals surface area (Å²) < 4.78 is 5.28. The van der Waals surface area contributed by atoms with Gasteiger partial charge in [-0.3, -0.25) is 14.5 Å². The maximum absolute atomic E-state index is 12.5. The molecule has 0 radical (unpaired) electrons. The zero-order valence-electron chi connectivity index (χ0n) is 13.1. The van der Waals surface area contributed by atoms with Crippen molar-refractivity contribution >= 4 is 17.8 Å². The van der Waals surface area contributed by atoms with E-state index in [0.717, 1.165) is 30.6 Å². The summed E-state index contributed by atoms with van der Waals surface area (Å²) in [4.78, 5) is 39.7. The minimum atomic E-state index is -0.819. The van der Waals surface area contributed by atoms with Gasteiger partial charge >= 0.3 is 6.03 Å². The van der Waals surface area contributed by atoms with Gasteiger partial charge in [-0.1, -0.05) is 0 Å². The highest BCUT2D eigenvalue weighted by atomic mass is 16.5. The first-order valence-electron chi connectivity index (χ1n) is 7.90. The number of carbonyl (C=O) groups is 3. The molecule has 2 heterocycles. The van der Waals surface area contributed by atoms with Gasteiger partial charge in [0.15, 0.2) is 0 Å². The topological polar surface area (TPSA) is 79.0 Å². The van der Waals surface area contributed by atoms with Crippen molar-refractivity contribution in [2.45, 2.75) is 44.2 Å². The van der Waals surface area contributed by atoms with Gasteiger partial charge in [-0.25, -0.2) is 4.79 Å². The maximum atomic E-state index is 12.5. The summed E-state index contributed by atoms with van der Waals surface area (Å²) in [5.41, 5.74) is -0.819. The number of nitrogens with one attached hydrogen (secondary N) is 1. The third-order valence-electron chi connectivity index (χ3n) is 5.12. The normalized spacial score (nSPS) is 29.9. The molecule has 0 unspecified atom stereocenters. The molecular weight excluding hydrogens is 286 g/mol. The number of piperidine rings is 1. The molecule has 0 aromatic carbocycles. The van der Waals surface area contributed by atoms with E-state index in [1.54, 1.807) is 18.9 Å². The first-order chi connectivity index (χ1) is 10.5. The number of rotatable bonds is 4. The number of methoxy groups -OCH3 is 1. The number of ether oxygens (including phenoxy) is 1. The van der Waals surface area contributed by atoms with Gasteiger partial charge in [0, 0.05) is 20.2 Å². The molecule has 4 amide bonds. The van der Waals surface area contributed by atoms with E-state index in [2.05, 4.69) is 5.32 Å². The van der Waals surface area contributed by atoms with E-state index in [1.165, 1.54) is 0 Å². The Morgan fingerprint density at radius 1 is 1.27 bits per heavy atom. The Labute approximate surface area is 129 Å². The molecule has 1 atom stereocenters. The lowest BCUT2D eigenvalue weighted by molar-refractivity contribution is -0.140. The van der Waals surface area contributed by atoms with Crippen molar-refractivity contribution in [2.75, 3.05) is 26.7 Å². The Kier molecular flexibility index (Phi) is 3.84. The number of urea groups is 1. The molecule has 122 valence electrons. The van der Waals surface area contributed by atoms with Crippen LogP contribution in [0.2, 0.25) is 0 Å². The van der Waals surface area contributed by atoms with Crippen LogP contribution in [0.5, 0.6) is 0 Å². The number of likely N-dealkylation sites (tertiary alicyclic amines) is 1. The molecule has 3 rings (SSSR count). The monoisotopic (exact) mass is 309 g/mol. The number of amides is 4. The quantitative estimate of drug-likeness (QED) is 0.760. The molecule has 22 heavy (non-hydrogen) atoms. The average Bonchev–Trinajstić information content (AvgIpc) is 3.33. The molecule has 0 aromatic rings. The molecule has 0 aromatic heterocycles. The van der Waals surface area contributed by atoms with Crippen molar-refractivity contribution in [3.05, 3.63) is 0 Å². The fraction of sp³-hybridized carbons (Fsp3) is 0.800. The second-order valence-corrected chi connectivity index (χ2v) is 6.61. The van der Waals surface area contributed by atoms with Crippen molar-refractivity contribution in [2.24, 2.45) is 5.92 Å². The molecule has 0 bridgehead atoms. The van der Waals surface area contributed by atoms with E-state index in [4.69, 9.17) is 4.74 Å². The first-order valence-corrected chi connectivity index (χ1v) is 7.90. The highest BCUT2D eigenvalue weighted by Crippen LogP contribution is 2.42. The number of imide groups is 1. The largest absolute Gasteiger partial charge is 0.381 e. The van der Waals surface area contributed by atoms with Gasteiger partial charge in [0.05, 0.1) is 6.10 Å². The van der Waals surface area contributed by atoms with E-state index in [1.807, 2.05) is 0 Å². The Hall–Kier alpha value is -1.63. The van der Waals surface area contributed by atoms with Crippen LogP contribution in [0.4, 0.5) is 4.79 Å². The summed E-state index contributed by atoms with van der Waals surface area (Å²) in [6, 6.07) is -0.445. The van der Waals surface area contributed by atoms with Crippen molar-refractivity contribution in [3.63, 3.8) is 0 Å². The first kappa shape index (κ1) is 15.3. The molecule has 2 saturated heterocycles. The summed E-state index contributed by atoms with van der Waals surface area (Å²) in [7, 11) is 1.67. The summed E-state index contributed by atoms with van der Waals surface area (Å²) in [6.45, 7) is 2.83. The SMILES string of the molecule is COC1CCN(C(=O)CN2C(=O)N[C@](C)(C3CC3)C2=O)CC1. The second kappa shape index (κ2) is 5.53. The van der Waals surface area contributed by atoms with Gasteiger partial charge in [0.2, 0.25) is 5.91 Å². The Morgan fingerprint density at radius 2 is 1.91 bits per heavy atom. The van der Waals surface area contributed by atoms with Gasteiger partial charge in [-0.2, -0.15) is 0 Å². The third kappa shape index (κ3) is 2.58. The predicted octanol–water partition coefficient (Wildman–Crippen LogP) is 0.344. The summed E-state index contributed by atoms with van der Waals surface area (Å²) in [5.74, 6) is -0.222. The van der Waals surface area contributed by atoms with E-state index in [0.29, 0.717) is 13.1 Å². The van der Waals surface area contributed by atoms with Crippen molar-refractivity contribution in [1.82, 2.24) is 15.1 Å². The van der Waals surface area contributed by atoms with Crippen LogP contribution in [0, 0.1) is 5.92 Å². The average molecular weight is 309 g/mol. The van der Waals surface area contributed by atoms with Crippen LogP contribution in [-0.2, 0) is 14.3 Å². The van der Waals surface area contributed by atoms with Gasteiger partial charge < -0.3 is 15.0 Å². The van der Waals surface area contributed by atoms with E-state index in [-0.39, 0.29) is 30.4 Å². The van der Waals surface area contributed by atoms with Gasteiger partial charge in [-0.15, -0.1) is 0 Å². The van der Waals surface area contributed by atoms with Crippen molar-refractivity contribution < 1.29 is 19.1 Å². The van der Waals surface area contributed by atoms with Gasteiger partial charge in [0.25, 0.3) is 5.91 Å². The maximum Gasteiger partial charge on any atom is 0.325 e. The smallest absolute Gasteiger partial charge is 0.325 e. The van der Waals surface area contributed by atoms with Crippen LogP contribution in [0.3, 0.4) is 0 Å². The minimum Gasteiger partial charge on any atom is -0.381 e. The van der Waals surface area contributed by atoms with E-state index < -0.39 is 11.6 Å². The standard InChI is InChI=1S/C15H23N3O4/c1-15(10-3-4-10)13(20)18(14(21)16-15)9-12(19)17-7-5-11(22-2)6-8-17/h10-11H,3-9H2,1-2H3,(H,16,21)/t15-/m1/s1. The molecule has 1 saturated carbocycles. The molecule has 1 N–H and O–H groups in total. The lowest BCUT2D eigenvalue weighted by Crippen LogP contribution is -2.48. The second-order valence-electron chi connectivity index (χ2n) is 6.61. The highest BCUT2D eigenvalue weighted by Gasteiger charge is 2.56. The van der Waals surface area contributed by atoms with E-state index >= 15 is 0 Å². The molecule has 2 aliphatic heterocycles. The van der Waals surface area contributed by atoms with Gasteiger partial charge in [-0.05, 0) is 38.5 Å². The molecule has 3 fully saturated rings. The predicted molar refractivity (Wildman–Crippen MR) is 78.0 cm³/mol.